The summed E-state index contributed by atoms with van der Waals surface area (Å²) in [6.45, 7) is 7.79. The second kappa shape index (κ2) is 9.72. The lowest BCUT2D eigenvalue weighted by Gasteiger charge is -2.16. The van der Waals surface area contributed by atoms with Gasteiger partial charge in [-0.1, -0.05) is 12.1 Å². The average Bonchev–Trinajstić information content (AvgIpc) is 3.26. The Kier molecular flexibility index (Phi) is 7.25. The van der Waals surface area contributed by atoms with Gasteiger partial charge in [0.25, 0.3) is 0 Å². The first-order chi connectivity index (χ1) is 14.7. The van der Waals surface area contributed by atoms with E-state index < -0.39 is 10.0 Å². The number of amides is 1. The van der Waals surface area contributed by atoms with Crippen molar-refractivity contribution in [1.29, 1.82) is 0 Å². The normalized spacial score (nSPS) is 11.5. The molecule has 0 atom stereocenters. The number of carbonyl (C=O) groups excluding carboxylic acids is 1. The quantitative estimate of drug-likeness (QED) is 0.535. The van der Waals surface area contributed by atoms with Crippen molar-refractivity contribution in [3.8, 4) is 10.4 Å². The largest absolute Gasteiger partial charge is 0.352 e. The summed E-state index contributed by atoms with van der Waals surface area (Å²) in [5.41, 5.74) is 5.23. The molecule has 0 aliphatic heterocycles. The minimum Gasteiger partial charge on any atom is -0.352 e. The topological polar surface area (TPSA) is 88.2 Å². The zero-order valence-corrected chi connectivity index (χ0v) is 19.8. The van der Waals surface area contributed by atoms with Crippen molar-refractivity contribution in [1.82, 2.24) is 15.0 Å². The number of hydrogen-bond donors (Lipinski definition) is 2. The van der Waals surface area contributed by atoms with Crippen molar-refractivity contribution >= 4 is 27.3 Å². The number of sulfonamides is 1. The number of hydrogen-bond acceptors (Lipinski definition) is 5. The molecule has 0 fully saturated rings. The van der Waals surface area contributed by atoms with Crippen LogP contribution in [0.5, 0.6) is 0 Å². The van der Waals surface area contributed by atoms with Crippen LogP contribution in [0, 0.1) is 27.7 Å². The third-order valence-corrected chi connectivity index (χ3v) is 7.95. The predicted octanol–water partition coefficient (Wildman–Crippen LogP) is 4.03. The van der Waals surface area contributed by atoms with E-state index in [0.29, 0.717) is 11.4 Å². The Morgan fingerprint density at radius 3 is 2.42 bits per heavy atom. The minimum absolute atomic E-state index is 0.0352. The number of aryl methyl sites for hydroxylation is 2. The van der Waals surface area contributed by atoms with Gasteiger partial charge in [-0.2, -0.15) is 0 Å². The van der Waals surface area contributed by atoms with E-state index in [1.54, 1.807) is 37.6 Å². The molecule has 1 amide bonds. The van der Waals surface area contributed by atoms with E-state index in [2.05, 4.69) is 15.0 Å². The van der Waals surface area contributed by atoms with Gasteiger partial charge in [0.15, 0.2) is 0 Å². The van der Waals surface area contributed by atoms with E-state index in [1.807, 2.05) is 43.5 Å². The molecule has 3 aromatic rings. The first-order valence-electron chi connectivity index (χ1n) is 10.0. The summed E-state index contributed by atoms with van der Waals surface area (Å²) in [6.07, 6.45) is 3.56. The number of thiophene rings is 1. The molecular weight excluding hydrogens is 430 g/mol. The predicted molar refractivity (Wildman–Crippen MR) is 125 cm³/mol. The highest BCUT2D eigenvalue weighted by atomic mass is 32.2. The van der Waals surface area contributed by atoms with Crippen molar-refractivity contribution in [2.24, 2.45) is 0 Å². The molecule has 0 aliphatic carbocycles. The molecule has 0 radical (unpaired) electrons. The van der Waals surface area contributed by atoms with Crippen LogP contribution in [0.15, 0.2) is 46.9 Å². The molecule has 8 heteroatoms. The van der Waals surface area contributed by atoms with Gasteiger partial charge < -0.3 is 5.32 Å². The molecule has 0 spiro atoms. The van der Waals surface area contributed by atoms with E-state index in [1.165, 1.54) is 0 Å². The number of pyridine rings is 1. The SMILES string of the molecule is Cc1cc(C)c(C)c(S(=O)(=O)NCCC(=O)NCc2cncc(-c3cccs3)c2)c1C. The maximum absolute atomic E-state index is 12.8. The highest BCUT2D eigenvalue weighted by Gasteiger charge is 2.21. The van der Waals surface area contributed by atoms with E-state index in [-0.39, 0.29) is 18.9 Å². The number of nitrogens with one attached hydrogen (secondary N) is 2. The van der Waals surface area contributed by atoms with E-state index in [9.17, 15) is 13.2 Å². The molecular formula is C23H27N3O3S2. The van der Waals surface area contributed by atoms with Gasteiger partial charge in [0, 0.05) is 42.3 Å². The molecule has 3 rings (SSSR count). The van der Waals surface area contributed by atoms with Crippen LogP contribution in [-0.4, -0.2) is 25.9 Å². The molecule has 164 valence electrons. The molecule has 2 aromatic heterocycles. The Hall–Kier alpha value is -2.55. The fourth-order valence-corrected chi connectivity index (χ4v) is 5.76. The van der Waals surface area contributed by atoms with Crippen LogP contribution in [0.4, 0.5) is 0 Å². The second-order valence-electron chi connectivity index (χ2n) is 7.57. The molecule has 0 saturated heterocycles. The maximum Gasteiger partial charge on any atom is 0.241 e. The van der Waals surface area contributed by atoms with Gasteiger partial charge in [-0.05, 0) is 73.0 Å². The van der Waals surface area contributed by atoms with E-state index in [0.717, 1.165) is 38.3 Å². The van der Waals surface area contributed by atoms with Crippen molar-refractivity contribution in [2.75, 3.05) is 6.54 Å². The maximum atomic E-state index is 12.8. The van der Waals surface area contributed by atoms with Crippen LogP contribution in [0.1, 0.15) is 34.2 Å². The summed E-state index contributed by atoms with van der Waals surface area (Å²) < 4.78 is 28.2. The molecule has 0 saturated carbocycles. The Balaban J connectivity index is 1.56. The number of benzene rings is 1. The molecule has 0 bridgehead atoms. The third-order valence-electron chi connectivity index (χ3n) is 5.30. The minimum atomic E-state index is -3.70. The molecule has 2 heterocycles. The van der Waals surface area contributed by atoms with Gasteiger partial charge in [-0.3, -0.25) is 9.78 Å². The Bertz CT molecular complexity index is 1160. The van der Waals surface area contributed by atoms with Crippen LogP contribution < -0.4 is 10.0 Å². The highest BCUT2D eigenvalue weighted by molar-refractivity contribution is 7.89. The molecule has 0 unspecified atom stereocenters. The lowest BCUT2D eigenvalue weighted by Crippen LogP contribution is -2.31. The van der Waals surface area contributed by atoms with Gasteiger partial charge in [0.2, 0.25) is 15.9 Å². The van der Waals surface area contributed by atoms with Gasteiger partial charge in [0.05, 0.1) is 4.90 Å². The molecule has 0 aliphatic rings. The van der Waals surface area contributed by atoms with Crippen LogP contribution in [0.2, 0.25) is 0 Å². The van der Waals surface area contributed by atoms with E-state index in [4.69, 9.17) is 0 Å². The summed E-state index contributed by atoms with van der Waals surface area (Å²) in [5, 5.41) is 4.83. The van der Waals surface area contributed by atoms with Crippen LogP contribution >= 0.6 is 11.3 Å². The van der Waals surface area contributed by atoms with Crippen LogP contribution in [0.25, 0.3) is 10.4 Å². The second-order valence-corrected chi connectivity index (χ2v) is 10.2. The fourth-order valence-electron chi connectivity index (χ4n) is 3.41. The van der Waals surface area contributed by atoms with Crippen molar-refractivity contribution in [2.45, 2.75) is 45.6 Å². The summed E-state index contributed by atoms with van der Waals surface area (Å²) in [5.74, 6) is -0.224. The lowest BCUT2D eigenvalue weighted by atomic mass is 10.0. The number of carbonyl (C=O) groups is 1. The zero-order valence-electron chi connectivity index (χ0n) is 18.2. The van der Waals surface area contributed by atoms with E-state index >= 15 is 0 Å². The molecule has 1 aromatic carbocycles. The van der Waals surface area contributed by atoms with Gasteiger partial charge in [0.1, 0.15) is 0 Å². The highest BCUT2D eigenvalue weighted by Crippen LogP contribution is 2.26. The van der Waals surface area contributed by atoms with Gasteiger partial charge in [-0.15, -0.1) is 11.3 Å². The summed E-state index contributed by atoms with van der Waals surface area (Å²) in [4.78, 5) is 17.9. The first kappa shape index (κ1) is 23.1. The summed E-state index contributed by atoms with van der Waals surface area (Å²) in [7, 11) is -3.70. The van der Waals surface area contributed by atoms with Gasteiger partial charge in [-0.25, -0.2) is 13.1 Å². The Morgan fingerprint density at radius 2 is 1.77 bits per heavy atom. The summed E-state index contributed by atoms with van der Waals surface area (Å²) >= 11 is 1.63. The smallest absolute Gasteiger partial charge is 0.241 e. The van der Waals surface area contributed by atoms with Crippen LogP contribution in [-0.2, 0) is 21.4 Å². The van der Waals surface area contributed by atoms with Gasteiger partial charge >= 0.3 is 0 Å². The van der Waals surface area contributed by atoms with Crippen molar-refractivity contribution < 1.29 is 13.2 Å². The molecule has 31 heavy (non-hydrogen) atoms. The number of rotatable bonds is 8. The fraction of sp³-hybridized carbons (Fsp3) is 0.304. The lowest BCUT2D eigenvalue weighted by molar-refractivity contribution is -0.121. The summed E-state index contributed by atoms with van der Waals surface area (Å²) in [6, 6.07) is 7.98. The Labute approximate surface area is 187 Å². The first-order valence-corrected chi connectivity index (χ1v) is 12.4. The van der Waals surface area contributed by atoms with Crippen molar-refractivity contribution in [3.05, 3.63) is 69.9 Å². The zero-order chi connectivity index (χ0) is 22.6. The average molecular weight is 458 g/mol. The standard InChI is InChI=1S/C23H27N3O3S2/c1-15-10-16(2)18(4)23(17(15)3)31(28,29)26-8-7-22(27)25-13-19-11-20(14-24-12-19)21-6-5-9-30-21/h5-6,9-12,14,26H,7-8,13H2,1-4H3,(H,25,27). The van der Waals surface area contributed by atoms with Crippen LogP contribution in [0.3, 0.4) is 0 Å². The van der Waals surface area contributed by atoms with Crippen molar-refractivity contribution in [3.63, 3.8) is 0 Å². The Morgan fingerprint density at radius 1 is 1.06 bits per heavy atom. The molecule has 6 nitrogen and oxygen atoms in total. The number of nitrogens with zero attached hydrogens (tertiary/aromatic N) is 1. The molecule has 2 N–H and O–H groups in total. The number of aromatic nitrogens is 1. The monoisotopic (exact) mass is 457 g/mol. The third kappa shape index (κ3) is 5.58.